The summed E-state index contributed by atoms with van der Waals surface area (Å²) in [5.41, 5.74) is 1.11. The summed E-state index contributed by atoms with van der Waals surface area (Å²) in [4.78, 5) is 12.4. The predicted molar refractivity (Wildman–Crippen MR) is 102 cm³/mol. The first-order valence-corrected chi connectivity index (χ1v) is 10.4. The van der Waals surface area contributed by atoms with Gasteiger partial charge in [-0.2, -0.15) is 0 Å². The zero-order valence-corrected chi connectivity index (χ0v) is 16.3. The van der Waals surface area contributed by atoms with E-state index in [1.54, 1.807) is 24.3 Å². The minimum Gasteiger partial charge on any atom is -0.486 e. The third kappa shape index (κ3) is 4.47. The first-order valence-electron chi connectivity index (χ1n) is 7.76. The zero-order valence-electron chi connectivity index (χ0n) is 13.9. The van der Waals surface area contributed by atoms with Crippen LogP contribution in [0.3, 0.4) is 0 Å². The van der Waals surface area contributed by atoms with E-state index >= 15 is 0 Å². The second-order valence-corrected chi connectivity index (χ2v) is 8.55. The van der Waals surface area contributed by atoms with Gasteiger partial charge in [0.05, 0.1) is 17.1 Å². The molecule has 0 fully saturated rings. The number of hydrogen-bond donors (Lipinski definition) is 2. The van der Waals surface area contributed by atoms with Crippen LogP contribution < -0.4 is 20.1 Å². The zero-order chi connectivity index (χ0) is 18.7. The van der Waals surface area contributed by atoms with Crippen LogP contribution in [0.4, 0.5) is 11.4 Å². The van der Waals surface area contributed by atoms with E-state index in [1.807, 2.05) is 0 Å². The molecule has 7 nitrogen and oxygen atoms in total. The quantitative estimate of drug-likeness (QED) is 0.741. The summed E-state index contributed by atoms with van der Waals surface area (Å²) in [6.07, 6.45) is 1.14. The van der Waals surface area contributed by atoms with Gasteiger partial charge >= 0.3 is 0 Å². The molecule has 1 aliphatic rings. The molecular weight excluding hydrogens is 424 g/mol. The Morgan fingerprint density at radius 2 is 1.85 bits per heavy atom. The monoisotopic (exact) mass is 440 g/mol. The van der Waals surface area contributed by atoms with Gasteiger partial charge in [0.15, 0.2) is 21.3 Å². The Morgan fingerprint density at radius 1 is 1.15 bits per heavy atom. The summed E-state index contributed by atoms with van der Waals surface area (Å²) in [6.45, 7) is 0.927. The van der Waals surface area contributed by atoms with E-state index < -0.39 is 9.84 Å². The van der Waals surface area contributed by atoms with Gasteiger partial charge in [0, 0.05) is 28.5 Å². The number of ether oxygens (including phenoxy) is 2. The number of nitrogens with one attached hydrogen (secondary N) is 2. The van der Waals surface area contributed by atoms with Crippen molar-refractivity contribution in [2.24, 2.45) is 0 Å². The molecule has 0 spiro atoms. The fourth-order valence-corrected chi connectivity index (χ4v) is 3.46. The number of anilines is 2. The van der Waals surface area contributed by atoms with Crippen LogP contribution >= 0.6 is 15.9 Å². The van der Waals surface area contributed by atoms with Gasteiger partial charge < -0.3 is 20.1 Å². The number of hydrogen-bond acceptors (Lipinski definition) is 6. The maximum atomic E-state index is 12.2. The van der Waals surface area contributed by atoms with Crippen LogP contribution in [0.15, 0.2) is 45.8 Å². The molecule has 1 aliphatic heterocycles. The number of halogens is 1. The second-order valence-electron chi connectivity index (χ2n) is 5.68. The molecule has 2 N–H and O–H groups in total. The van der Waals surface area contributed by atoms with Crippen LogP contribution in [-0.4, -0.2) is 40.3 Å². The molecule has 0 saturated carbocycles. The van der Waals surface area contributed by atoms with E-state index in [1.165, 1.54) is 12.1 Å². The number of benzene rings is 2. The van der Waals surface area contributed by atoms with Crippen LogP contribution in [-0.2, 0) is 14.6 Å². The lowest BCUT2D eigenvalue weighted by atomic mass is 10.2. The van der Waals surface area contributed by atoms with Crippen molar-refractivity contribution in [1.82, 2.24) is 0 Å². The van der Waals surface area contributed by atoms with Gasteiger partial charge in [-0.05, 0) is 34.1 Å². The van der Waals surface area contributed by atoms with Gasteiger partial charge in [-0.1, -0.05) is 6.07 Å². The summed E-state index contributed by atoms with van der Waals surface area (Å²) in [5, 5.41) is 5.68. The summed E-state index contributed by atoms with van der Waals surface area (Å²) >= 11 is 3.39. The van der Waals surface area contributed by atoms with Crippen molar-refractivity contribution < 1.29 is 22.7 Å². The van der Waals surface area contributed by atoms with Gasteiger partial charge in [-0.25, -0.2) is 8.42 Å². The number of amides is 1. The van der Waals surface area contributed by atoms with Gasteiger partial charge in [0.2, 0.25) is 5.91 Å². The van der Waals surface area contributed by atoms with Gasteiger partial charge in [0.25, 0.3) is 0 Å². The molecule has 26 heavy (non-hydrogen) atoms. The van der Waals surface area contributed by atoms with Crippen LogP contribution in [0.5, 0.6) is 11.5 Å². The first kappa shape index (κ1) is 18.5. The number of carbonyl (C=O) groups excluding carboxylic acids is 1. The van der Waals surface area contributed by atoms with Crippen molar-refractivity contribution in [1.29, 1.82) is 0 Å². The van der Waals surface area contributed by atoms with Crippen LogP contribution in [0.1, 0.15) is 0 Å². The maximum absolute atomic E-state index is 12.2. The van der Waals surface area contributed by atoms with Crippen molar-refractivity contribution in [2.75, 3.05) is 36.6 Å². The Labute approximate surface area is 159 Å². The molecule has 3 rings (SSSR count). The summed E-state index contributed by atoms with van der Waals surface area (Å²) in [6, 6.07) is 9.75. The highest BCUT2D eigenvalue weighted by Gasteiger charge is 2.16. The fraction of sp³-hybridized carbons (Fsp3) is 0.235. The normalized spacial score (nSPS) is 13.2. The fourth-order valence-electron chi connectivity index (χ4n) is 2.37. The highest BCUT2D eigenvalue weighted by Crippen LogP contribution is 2.38. The third-order valence-corrected chi connectivity index (χ3v) is 5.39. The molecule has 0 bridgehead atoms. The molecule has 0 radical (unpaired) electrons. The van der Waals surface area contributed by atoms with Crippen LogP contribution in [0.25, 0.3) is 0 Å². The summed E-state index contributed by atoms with van der Waals surface area (Å²) in [7, 11) is -3.30. The van der Waals surface area contributed by atoms with E-state index in [0.717, 1.165) is 6.26 Å². The molecule has 9 heteroatoms. The lowest BCUT2D eigenvalue weighted by Gasteiger charge is -2.20. The predicted octanol–water partition coefficient (Wildman–Crippen LogP) is 2.67. The minimum atomic E-state index is -3.30. The van der Waals surface area contributed by atoms with Crippen molar-refractivity contribution in [3.8, 4) is 11.5 Å². The average Bonchev–Trinajstić information content (AvgIpc) is 2.60. The summed E-state index contributed by atoms with van der Waals surface area (Å²) in [5.74, 6) is 0.910. The highest BCUT2D eigenvalue weighted by atomic mass is 79.9. The Hall–Kier alpha value is -2.26. The number of rotatable bonds is 5. The maximum Gasteiger partial charge on any atom is 0.243 e. The van der Waals surface area contributed by atoms with Crippen molar-refractivity contribution in [2.45, 2.75) is 4.90 Å². The molecule has 0 saturated heterocycles. The standard InChI is InChI=1S/C17H17BrN2O5S/c1-26(22,23)12-4-2-3-11(7-12)19-10-17(21)20-14-9-16-15(8-13(14)18)24-5-6-25-16/h2-4,7-9,19H,5-6,10H2,1H3,(H,20,21). The molecule has 0 atom stereocenters. The van der Waals surface area contributed by atoms with E-state index in [4.69, 9.17) is 9.47 Å². The smallest absolute Gasteiger partial charge is 0.243 e. The van der Waals surface area contributed by atoms with Crippen LogP contribution in [0, 0.1) is 0 Å². The Bertz CT molecular complexity index is 946. The van der Waals surface area contributed by atoms with Crippen LogP contribution in [0.2, 0.25) is 0 Å². The second kappa shape index (κ2) is 7.55. The van der Waals surface area contributed by atoms with E-state index in [0.29, 0.717) is 40.6 Å². The van der Waals surface area contributed by atoms with E-state index in [-0.39, 0.29) is 17.3 Å². The molecule has 2 aromatic carbocycles. The minimum absolute atomic E-state index is 0.0197. The Morgan fingerprint density at radius 3 is 2.54 bits per heavy atom. The number of sulfone groups is 1. The van der Waals surface area contributed by atoms with Gasteiger partial charge in [0.1, 0.15) is 13.2 Å². The highest BCUT2D eigenvalue weighted by molar-refractivity contribution is 9.10. The lowest BCUT2D eigenvalue weighted by Crippen LogP contribution is -2.22. The molecular formula is C17H17BrN2O5S. The van der Waals surface area contributed by atoms with Crippen molar-refractivity contribution >= 4 is 43.0 Å². The van der Waals surface area contributed by atoms with Crippen molar-refractivity contribution in [3.05, 3.63) is 40.9 Å². The number of carbonyl (C=O) groups is 1. The molecule has 1 heterocycles. The van der Waals surface area contributed by atoms with Gasteiger partial charge in [-0.15, -0.1) is 0 Å². The lowest BCUT2D eigenvalue weighted by molar-refractivity contribution is -0.114. The van der Waals surface area contributed by atoms with E-state index in [2.05, 4.69) is 26.6 Å². The summed E-state index contributed by atoms with van der Waals surface area (Å²) < 4.78 is 34.8. The van der Waals surface area contributed by atoms with E-state index in [9.17, 15) is 13.2 Å². The first-order chi connectivity index (χ1) is 12.3. The Kier molecular flexibility index (Phi) is 5.38. The topological polar surface area (TPSA) is 93.7 Å². The molecule has 1 amide bonds. The molecule has 2 aromatic rings. The largest absolute Gasteiger partial charge is 0.486 e. The molecule has 0 unspecified atom stereocenters. The average molecular weight is 441 g/mol. The number of fused-ring (bicyclic) bond motifs is 1. The third-order valence-electron chi connectivity index (χ3n) is 3.62. The Balaban J connectivity index is 1.65. The SMILES string of the molecule is CS(=O)(=O)c1cccc(NCC(=O)Nc2cc3c(cc2Br)OCCO3)c1. The van der Waals surface area contributed by atoms with Gasteiger partial charge in [-0.3, -0.25) is 4.79 Å². The molecule has 138 valence electrons. The van der Waals surface area contributed by atoms with Crippen molar-refractivity contribution in [3.63, 3.8) is 0 Å². The molecule has 0 aliphatic carbocycles. The molecule has 0 aromatic heterocycles.